The highest BCUT2D eigenvalue weighted by Crippen LogP contribution is 2.25. The molecule has 0 amide bonds. The van der Waals surface area contributed by atoms with Gasteiger partial charge in [-0.2, -0.15) is 10.5 Å². The van der Waals surface area contributed by atoms with Crippen LogP contribution in [0.4, 0.5) is 0 Å². The van der Waals surface area contributed by atoms with E-state index in [1.807, 2.05) is 37.3 Å². The number of hydrogen-bond donors (Lipinski definition) is 0. The van der Waals surface area contributed by atoms with Gasteiger partial charge in [-0.1, -0.05) is 30.3 Å². The lowest BCUT2D eigenvalue weighted by molar-refractivity contribution is 0.964. The predicted octanol–water partition coefficient (Wildman–Crippen LogP) is 5.03. The van der Waals surface area contributed by atoms with Crippen molar-refractivity contribution in [2.45, 2.75) is 13.8 Å². The molecular weight excluding hydrogens is 306 g/mol. The van der Waals surface area contributed by atoms with Crippen molar-refractivity contribution < 1.29 is 0 Å². The van der Waals surface area contributed by atoms with Crippen LogP contribution < -0.4 is 0 Å². The van der Waals surface area contributed by atoms with Gasteiger partial charge in [0, 0.05) is 17.1 Å². The standard InChI is InChI=1S/C22H17N3/c1-16-11-20(17(2)25(16)22-9-4-3-5-10-22)13-21(15-24)19-8-6-7-18(12-19)14-23/h3-13H,1-2H3/b21-13-. The summed E-state index contributed by atoms with van der Waals surface area (Å²) in [6.45, 7) is 4.10. The van der Waals surface area contributed by atoms with E-state index >= 15 is 0 Å². The molecule has 0 saturated carbocycles. The molecular formula is C22H17N3. The average molecular weight is 323 g/mol. The molecule has 3 heteroatoms. The summed E-state index contributed by atoms with van der Waals surface area (Å²) in [5, 5.41) is 18.6. The fourth-order valence-electron chi connectivity index (χ4n) is 3.00. The number of benzene rings is 2. The Balaban J connectivity index is 2.09. The SMILES string of the molecule is Cc1cc(/C=C(/C#N)c2cccc(C#N)c2)c(C)n1-c1ccccc1. The third-order valence-corrected chi connectivity index (χ3v) is 4.21. The number of aromatic nitrogens is 1. The highest BCUT2D eigenvalue weighted by molar-refractivity contribution is 5.90. The van der Waals surface area contributed by atoms with Gasteiger partial charge in [0.05, 0.1) is 23.3 Å². The number of rotatable bonds is 3. The Morgan fingerprint density at radius 3 is 2.40 bits per heavy atom. The predicted molar refractivity (Wildman–Crippen MR) is 99.9 cm³/mol. The fraction of sp³-hybridized carbons (Fsp3) is 0.0909. The number of aryl methyl sites for hydroxylation is 1. The Labute approximate surface area is 147 Å². The summed E-state index contributed by atoms with van der Waals surface area (Å²) < 4.78 is 2.17. The number of nitrogens with zero attached hydrogens (tertiary/aromatic N) is 3. The van der Waals surface area contributed by atoms with Crippen LogP contribution in [0.25, 0.3) is 17.3 Å². The molecule has 0 unspecified atom stereocenters. The van der Waals surface area contributed by atoms with E-state index in [0.717, 1.165) is 28.2 Å². The molecule has 0 atom stereocenters. The third-order valence-electron chi connectivity index (χ3n) is 4.21. The summed E-state index contributed by atoms with van der Waals surface area (Å²) >= 11 is 0. The van der Waals surface area contributed by atoms with Crippen molar-refractivity contribution in [3.63, 3.8) is 0 Å². The zero-order valence-corrected chi connectivity index (χ0v) is 14.2. The summed E-state index contributed by atoms with van der Waals surface area (Å²) in [6, 6.07) is 23.7. The van der Waals surface area contributed by atoms with Crippen molar-refractivity contribution in [1.29, 1.82) is 10.5 Å². The molecule has 25 heavy (non-hydrogen) atoms. The Bertz CT molecular complexity index is 1030. The molecule has 0 bridgehead atoms. The Morgan fingerprint density at radius 1 is 0.960 bits per heavy atom. The molecule has 120 valence electrons. The summed E-state index contributed by atoms with van der Waals surface area (Å²) in [5.74, 6) is 0. The number of hydrogen-bond acceptors (Lipinski definition) is 2. The van der Waals surface area contributed by atoms with Crippen molar-refractivity contribution in [2.24, 2.45) is 0 Å². The first-order valence-electron chi connectivity index (χ1n) is 8.00. The Morgan fingerprint density at radius 2 is 1.72 bits per heavy atom. The van der Waals surface area contributed by atoms with Gasteiger partial charge in [-0.3, -0.25) is 0 Å². The van der Waals surface area contributed by atoms with E-state index in [1.165, 1.54) is 0 Å². The van der Waals surface area contributed by atoms with Gasteiger partial charge in [-0.15, -0.1) is 0 Å². The Kier molecular flexibility index (Phi) is 4.50. The molecule has 1 aromatic heterocycles. The quantitative estimate of drug-likeness (QED) is 0.635. The van der Waals surface area contributed by atoms with Crippen LogP contribution in [-0.4, -0.2) is 4.57 Å². The van der Waals surface area contributed by atoms with Gasteiger partial charge >= 0.3 is 0 Å². The molecule has 0 spiro atoms. The van der Waals surface area contributed by atoms with E-state index in [-0.39, 0.29) is 0 Å². The topological polar surface area (TPSA) is 52.5 Å². The summed E-state index contributed by atoms with van der Waals surface area (Å²) in [6.07, 6.45) is 1.89. The second-order valence-electron chi connectivity index (χ2n) is 5.86. The van der Waals surface area contributed by atoms with Crippen LogP contribution in [0, 0.1) is 36.5 Å². The summed E-state index contributed by atoms with van der Waals surface area (Å²) in [5.41, 5.74) is 6.14. The van der Waals surface area contributed by atoms with Crippen molar-refractivity contribution in [1.82, 2.24) is 4.57 Å². The van der Waals surface area contributed by atoms with Crippen LogP contribution in [0.15, 0.2) is 60.7 Å². The van der Waals surface area contributed by atoms with Crippen LogP contribution in [-0.2, 0) is 0 Å². The monoisotopic (exact) mass is 323 g/mol. The summed E-state index contributed by atoms with van der Waals surface area (Å²) in [4.78, 5) is 0. The zero-order valence-electron chi connectivity index (χ0n) is 14.2. The van der Waals surface area contributed by atoms with Crippen molar-refractivity contribution >= 4 is 11.6 Å². The molecule has 0 aliphatic heterocycles. The maximum absolute atomic E-state index is 9.58. The molecule has 0 aliphatic carbocycles. The highest BCUT2D eigenvalue weighted by atomic mass is 15.0. The lowest BCUT2D eigenvalue weighted by atomic mass is 10.0. The van der Waals surface area contributed by atoms with Gasteiger partial charge in [0.15, 0.2) is 0 Å². The highest BCUT2D eigenvalue weighted by Gasteiger charge is 2.11. The smallest absolute Gasteiger partial charge is 0.0998 e. The van der Waals surface area contributed by atoms with E-state index in [1.54, 1.807) is 18.2 Å². The maximum atomic E-state index is 9.58. The van der Waals surface area contributed by atoms with Crippen LogP contribution in [0.1, 0.15) is 28.1 Å². The van der Waals surface area contributed by atoms with Crippen LogP contribution >= 0.6 is 0 Å². The van der Waals surface area contributed by atoms with Gasteiger partial charge in [-0.05, 0) is 61.4 Å². The lowest BCUT2D eigenvalue weighted by Crippen LogP contribution is -1.98. The largest absolute Gasteiger partial charge is 0.318 e. The number of allylic oxidation sites excluding steroid dienone is 1. The average Bonchev–Trinajstić information content (AvgIpc) is 2.93. The molecule has 3 rings (SSSR count). The number of nitriles is 2. The lowest BCUT2D eigenvalue weighted by Gasteiger charge is -2.09. The molecule has 0 N–H and O–H groups in total. The molecule has 3 aromatic rings. The first-order valence-corrected chi connectivity index (χ1v) is 8.00. The molecule has 3 nitrogen and oxygen atoms in total. The van der Waals surface area contributed by atoms with Gasteiger partial charge in [0.1, 0.15) is 0 Å². The minimum absolute atomic E-state index is 0.547. The molecule has 0 aliphatic rings. The van der Waals surface area contributed by atoms with E-state index in [0.29, 0.717) is 11.1 Å². The summed E-state index contributed by atoms with van der Waals surface area (Å²) in [7, 11) is 0. The van der Waals surface area contributed by atoms with E-state index in [9.17, 15) is 5.26 Å². The Hall–Kier alpha value is -3.56. The first kappa shape index (κ1) is 16.3. The van der Waals surface area contributed by atoms with Gasteiger partial charge in [0.25, 0.3) is 0 Å². The minimum atomic E-state index is 0.547. The van der Waals surface area contributed by atoms with Gasteiger partial charge in [-0.25, -0.2) is 0 Å². The minimum Gasteiger partial charge on any atom is -0.318 e. The molecule has 0 radical (unpaired) electrons. The van der Waals surface area contributed by atoms with E-state index < -0.39 is 0 Å². The van der Waals surface area contributed by atoms with Crippen molar-refractivity contribution in [2.75, 3.05) is 0 Å². The van der Waals surface area contributed by atoms with E-state index in [4.69, 9.17) is 5.26 Å². The zero-order chi connectivity index (χ0) is 17.8. The van der Waals surface area contributed by atoms with Crippen LogP contribution in [0.2, 0.25) is 0 Å². The second-order valence-corrected chi connectivity index (χ2v) is 5.86. The number of para-hydroxylation sites is 1. The molecule has 0 saturated heterocycles. The van der Waals surface area contributed by atoms with Gasteiger partial charge in [0.2, 0.25) is 0 Å². The van der Waals surface area contributed by atoms with Gasteiger partial charge < -0.3 is 4.57 Å². The fourth-order valence-corrected chi connectivity index (χ4v) is 3.00. The third kappa shape index (κ3) is 3.22. The molecule has 0 fully saturated rings. The normalized spacial score (nSPS) is 11.0. The second kappa shape index (κ2) is 6.91. The maximum Gasteiger partial charge on any atom is 0.0998 e. The molecule has 1 heterocycles. The van der Waals surface area contributed by atoms with Crippen LogP contribution in [0.5, 0.6) is 0 Å². The van der Waals surface area contributed by atoms with Crippen molar-refractivity contribution in [3.8, 4) is 17.8 Å². The molecule has 2 aromatic carbocycles. The van der Waals surface area contributed by atoms with Crippen molar-refractivity contribution in [3.05, 3.63) is 88.7 Å². The first-order chi connectivity index (χ1) is 12.1. The van der Waals surface area contributed by atoms with E-state index in [2.05, 4.69) is 41.8 Å². The van der Waals surface area contributed by atoms with Crippen LogP contribution in [0.3, 0.4) is 0 Å².